The highest BCUT2D eigenvalue weighted by Gasteiger charge is 2.27. The van der Waals surface area contributed by atoms with E-state index in [4.69, 9.17) is 4.99 Å². The molecule has 24 heavy (non-hydrogen) atoms. The molecule has 0 amide bonds. The standard InChI is InChI=1S/C19H32N4O/c1-4-20-19(21-13-16-9-7-8-10-17(16)15-24)23-12-11-18(14-23)22(5-2)6-3/h7-10,18,24H,4-6,11-15H2,1-3H3,(H,20,21). The van der Waals surface area contributed by atoms with Gasteiger partial charge >= 0.3 is 0 Å². The summed E-state index contributed by atoms with van der Waals surface area (Å²) in [5.74, 6) is 0.986. The lowest BCUT2D eigenvalue weighted by atomic mass is 10.1. The van der Waals surface area contributed by atoms with Gasteiger partial charge in [-0.25, -0.2) is 4.99 Å². The topological polar surface area (TPSA) is 51.1 Å². The first-order valence-corrected chi connectivity index (χ1v) is 9.18. The number of nitrogens with zero attached hydrogens (tertiary/aromatic N) is 3. The third-order valence-electron chi connectivity index (χ3n) is 4.81. The average Bonchev–Trinajstić information content (AvgIpc) is 3.09. The maximum absolute atomic E-state index is 9.47. The number of hydrogen-bond acceptors (Lipinski definition) is 3. The summed E-state index contributed by atoms with van der Waals surface area (Å²) in [5, 5.41) is 12.9. The van der Waals surface area contributed by atoms with Crippen molar-refractivity contribution in [3.05, 3.63) is 35.4 Å². The molecule has 0 aliphatic carbocycles. The van der Waals surface area contributed by atoms with Crippen molar-refractivity contribution in [2.75, 3.05) is 32.7 Å². The summed E-state index contributed by atoms with van der Waals surface area (Å²) in [7, 11) is 0. The normalized spacial score (nSPS) is 18.5. The van der Waals surface area contributed by atoms with Crippen LogP contribution in [0, 0.1) is 0 Å². The molecule has 1 fully saturated rings. The first kappa shape index (κ1) is 18.7. The Kier molecular flexibility index (Phi) is 7.53. The molecule has 5 nitrogen and oxygen atoms in total. The van der Waals surface area contributed by atoms with E-state index in [0.717, 1.165) is 49.8 Å². The molecule has 0 aromatic heterocycles. The number of nitrogens with one attached hydrogen (secondary N) is 1. The van der Waals surface area contributed by atoms with Crippen molar-refractivity contribution in [1.82, 2.24) is 15.1 Å². The molecule has 1 aromatic rings. The van der Waals surface area contributed by atoms with Gasteiger partial charge in [0.1, 0.15) is 0 Å². The van der Waals surface area contributed by atoms with E-state index in [1.54, 1.807) is 0 Å². The van der Waals surface area contributed by atoms with Crippen LogP contribution in [-0.2, 0) is 13.2 Å². The van der Waals surface area contributed by atoms with Crippen LogP contribution in [0.4, 0.5) is 0 Å². The maximum Gasteiger partial charge on any atom is 0.194 e. The van der Waals surface area contributed by atoms with Crippen LogP contribution < -0.4 is 5.32 Å². The van der Waals surface area contributed by atoms with E-state index in [-0.39, 0.29) is 6.61 Å². The number of aliphatic hydroxyl groups is 1. The minimum absolute atomic E-state index is 0.0655. The predicted molar refractivity (Wildman–Crippen MR) is 100 cm³/mol. The van der Waals surface area contributed by atoms with Crippen molar-refractivity contribution < 1.29 is 5.11 Å². The summed E-state index contributed by atoms with van der Waals surface area (Å²) < 4.78 is 0. The molecule has 2 N–H and O–H groups in total. The summed E-state index contributed by atoms with van der Waals surface area (Å²) in [6.45, 7) is 12.4. The maximum atomic E-state index is 9.47. The van der Waals surface area contributed by atoms with E-state index in [1.165, 1.54) is 6.42 Å². The predicted octanol–water partition coefficient (Wildman–Crippen LogP) is 2.06. The second-order valence-corrected chi connectivity index (χ2v) is 6.21. The van der Waals surface area contributed by atoms with Crippen LogP contribution in [0.2, 0.25) is 0 Å². The summed E-state index contributed by atoms with van der Waals surface area (Å²) in [6.07, 6.45) is 1.19. The highest BCUT2D eigenvalue weighted by atomic mass is 16.3. The highest BCUT2D eigenvalue weighted by molar-refractivity contribution is 5.80. The second-order valence-electron chi connectivity index (χ2n) is 6.21. The van der Waals surface area contributed by atoms with Gasteiger partial charge in [-0.1, -0.05) is 38.1 Å². The number of likely N-dealkylation sites (tertiary alicyclic amines) is 1. The average molecular weight is 332 g/mol. The number of likely N-dealkylation sites (N-methyl/N-ethyl adjacent to an activating group) is 1. The number of benzene rings is 1. The Morgan fingerprint density at radius 1 is 1.25 bits per heavy atom. The lowest BCUT2D eigenvalue weighted by molar-refractivity contribution is 0.223. The minimum atomic E-state index is 0.0655. The molecule has 0 saturated carbocycles. The van der Waals surface area contributed by atoms with Crippen LogP contribution in [0.1, 0.15) is 38.3 Å². The van der Waals surface area contributed by atoms with E-state index in [2.05, 4.69) is 35.9 Å². The van der Waals surface area contributed by atoms with Crippen molar-refractivity contribution in [1.29, 1.82) is 0 Å². The van der Waals surface area contributed by atoms with Gasteiger partial charge in [0, 0.05) is 25.7 Å². The van der Waals surface area contributed by atoms with Gasteiger partial charge in [0.25, 0.3) is 0 Å². The van der Waals surface area contributed by atoms with E-state index in [1.807, 2.05) is 24.3 Å². The van der Waals surface area contributed by atoms with Crippen LogP contribution in [0.25, 0.3) is 0 Å². The smallest absolute Gasteiger partial charge is 0.194 e. The fourth-order valence-electron chi connectivity index (χ4n) is 3.42. The summed E-state index contributed by atoms with van der Waals surface area (Å²) >= 11 is 0. The van der Waals surface area contributed by atoms with Gasteiger partial charge in [-0.15, -0.1) is 0 Å². The van der Waals surface area contributed by atoms with E-state index >= 15 is 0 Å². The number of guanidine groups is 1. The van der Waals surface area contributed by atoms with Gasteiger partial charge in [-0.2, -0.15) is 0 Å². The monoisotopic (exact) mass is 332 g/mol. The summed E-state index contributed by atoms with van der Waals surface area (Å²) in [5.41, 5.74) is 2.05. The zero-order valence-corrected chi connectivity index (χ0v) is 15.3. The molecule has 1 aliphatic rings. The second kappa shape index (κ2) is 9.64. The van der Waals surface area contributed by atoms with Crippen molar-refractivity contribution in [2.45, 2.75) is 46.4 Å². The van der Waals surface area contributed by atoms with Gasteiger partial charge in [0.15, 0.2) is 5.96 Å². The molecule has 5 heteroatoms. The van der Waals surface area contributed by atoms with Crippen molar-refractivity contribution in [3.63, 3.8) is 0 Å². The molecular formula is C19H32N4O. The van der Waals surface area contributed by atoms with E-state index in [0.29, 0.717) is 12.6 Å². The van der Waals surface area contributed by atoms with E-state index < -0.39 is 0 Å². The SMILES string of the molecule is CCNC(=NCc1ccccc1CO)N1CCC(N(CC)CC)C1. The Bertz CT molecular complexity index is 528. The first-order chi connectivity index (χ1) is 11.7. The molecule has 1 aromatic carbocycles. The zero-order chi connectivity index (χ0) is 17.4. The molecule has 1 saturated heterocycles. The largest absolute Gasteiger partial charge is 0.392 e. The number of aliphatic imine (C=N–C) groups is 1. The molecule has 1 unspecified atom stereocenters. The Balaban J connectivity index is 2.06. The van der Waals surface area contributed by atoms with Crippen molar-refractivity contribution in [3.8, 4) is 0 Å². The fourth-order valence-corrected chi connectivity index (χ4v) is 3.42. The Labute approximate surface area is 146 Å². The van der Waals surface area contributed by atoms with Crippen LogP contribution in [0.3, 0.4) is 0 Å². The molecular weight excluding hydrogens is 300 g/mol. The third-order valence-corrected chi connectivity index (χ3v) is 4.81. The number of aliphatic hydroxyl groups excluding tert-OH is 1. The van der Waals surface area contributed by atoms with Crippen LogP contribution >= 0.6 is 0 Å². The summed E-state index contributed by atoms with van der Waals surface area (Å²) in [6, 6.07) is 8.58. The lowest BCUT2D eigenvalue weighted by Crippen LogP contribution is -2.43. The molecule has 0 radical (unpaired) electrons. The number of rotatable bonds is 7. The van der Waals surface area contributed by atoms with Crippen LogP contribution in [0.5, 0.6) is 0 Å². The van der Waals surface area contributed by atoms with Gasteiger partial charge in [0.2, 0.25) is 0 Å². The molecule has 134 valence electrons. The molecule has 1 aliphatic heterocycles. The van der Waals surface area contributed by atoms with Gasteiger partial charge in [0.05, 0.1) is 13.2 Å². The molecule has 1 heterocycles. The van der Waals surface area contributed by atoms with Crippen molar-refractivity contribution in [2.24, 2.45) is 4.99 Å². The first-order valence-electron chi connectivity index (χ1n) is 9.18. The Morgan fingerprint density at radius 3 is 2.58 bits per heavy atom. The van der Waals surface area contributed by atoms with Gasteiger partial charge in [-0.3, -0.25) is 4.90 Å². The highest BCUT2D eigenvalue weighted by Crippen LogP contribution is 2.16. The molecule has 1 atom stereocenters. The molecule has 0 bridgehead atoms. The van der Waals surface area contributed by atoms with Crippen LogP contribution in [0.15, 0.2) is 29.3 Å². The molecule has 2 rings (SSSR count). The fraction of sp³-hybridized carbons (Fsp3) is 0.632. The Hall–Kier alpha value is -1.59. The van der Waals surface area contributed by atoms with Gasteiger partial charge in [-0.05, 0) is 37.6 Å². The minimum Gasteiger partial charge on any atom is -0.392 e. The van der Waals surface area contributed by atoms with Gasteiger partial charge < -0.3 is 15.3 Å². The Morgan fingerprint density at radius 2 is 1.96 bits per heavy atom. The molecule has 0 spiro atoms. The number of hydrogen-bond donors (Lipinski definition) is 2. The third kappa shape index (κ3) is 4.71. The quantitative estimate of drug-likeness (QED) is 0.593. The lowest BCUT2D eigenvalue weighted by Gasteiger charge is -2.27. The van der Waals surface area contributed by atoms with Crippen molar-refractivity contribution >= 4 is 5.96 Å². The zero-order valence-electron chi connectivity index (χ0n) is 15.3. The van der Waals surface area contributed by atoms with Crippen LogP contribution in [-0.4, -0.2) is 59.6 Å². The van der Waals surface area contributed by atoms with E-state index in [9.17, 15) is 5.11 Å². The summed E-state index contributed by atoms with van der Waals surface area (Å²) in [4.78, 5) is 9.72.